The summed E-state index contributed by atoms with van der Waals surface area (Å²) in [5, 5.41) is 3.38. The number of benzene rings is 2. The minimum absolute atomic E-state index is 0.711. The lowest BCUT2D eigenvalue weighted by molar-refractivity contribution is 0.414. The summed E-state index contributed by atoms with van der Waals surface area (Å²) in [4.78, 5) is 13.6. The molecule has 0 saturated carbocycles. The zero-order chi connectivity index (χ0) is 19.2. The van der Waals surface area contributed by atoms with Crippen LogP contribution in [0.1, 0.15) is 5.56 Å². The van der Waals surface area contributed by atoms with Gasteiger partial charge >= 0.3 is 0 Å². The summed E-state index contributed by atoms with van der Waals surface area (Å²) in [6, 6.07) is 20.6. The minimum Gasteiger partial charge on any atom is -0.497 e. The molecule has 144 valence electrons. The second-order valence-electron chi connectivity index (χ2n) is 6.77. The number of nitrogens with zero attached hydrogens (tertiary/aromatic N) is 4. The molecule has 2 heterocycles. The van der Waals surface area contributed by atoms with E-state index in [0.717, 1.165) is 43.6 Å². The van der Waals surface area contributed by atoms with E-state index < -0.39 is 0 Å². The highest BCUT2D eigenvalue weighted by Crippen LogP contribution is 2.20. The molecule has 6 nitrogen and oxygen atoms in total. The number of piperazine rings is 1. The van der Waals surface area contributed by atoms with Crippen molar-refractivity contribution in [2.75, 3.05) is 48.4 Å². The van der Waals surface area contributed by atoms with E-state index >= 15 is 0 Å². The lowest BCUT2D eigenvalue weighted by Crippen LogP contribution is -2.46. The van der Waals surface area contributed by atoms with E-state index in [9.17, 15) is 0 Å². The van der Waals surface area contributed by atoms with Crippen molar-refractivity contribution in [3.8, 4) is 5.75 Å². The first-order valence-corrected chi connectivity index (χ1v) is 9.55. The maximum Gasteiger partial charge on any atom is 0.134 e. The van der Waals surface area contributed by atoms with Crippen LogP contribution in [0.15, 0.2) is 67.0 Å². The molecule has 0 spiro atoms. The molecule has 0 amide bonds. The highest BCUT2D eigenvalue weighted by Gasteiger charge is 2.18. The molecular formula is C22H25N5O. The molecule has 6 heteroatoms. The number of rotatable bonds is 6. The van der Waals surface area contributed by atoms with Crippen LogP contribution in [0.4, 0.5) is 17.3 Å². The minimum atomic E-state index is 0.711. The summed E-state index contributed by atoms with van der Waals surface area (Å²) in [6.45, 7) is 4.58. The molecule has 28 heavy (non-hydrogen) atoms. The molecule has 3 aromatic rings. The molecule has 1 saturated heterocycles. The van der Waals surface area contributed by atoms with E-state index in [4.69, 9.17) is 4.74 Å². The predicted octanol–water partition coefficient (Wildman–Crippen LogP) is 3.42. The quantitative estimate of drug-likeness (QED) is 0.712. The van der Waals surface area contributed by atoms with E-state index in [1.165, 1.54) is 11.3 Å². The van der Waals surface area contributed by atoms with Crippen LogP contribution in [-0.2, 0) is 6.54 Å². The smallest absolute Gasteiger partial charge is 0.134 e. The van der Waals surface area contributed by atoms with Gasteiger partial charge in [-0.1, -0.05) is 30.3 Å². The van der Waals surface area contributed by atoms with Gasteiger partial charge < -0.3 is 19.9 Å². The Morgan fingerprint density at radius 3 is 2.32 bits per heavy atom. The van der Waals surface area contributed by atoms with E-state index in [-0.39, 0.29) is 0 Å². The highest BCUT2D eigenvalue weighted by molar-refractivity contribution is 5.52. The first-order valence-electron chi connectivity index (χ1n) is 9.55. The number of aromatic nitrogens is 2. The van der Waals surface area contributed by atoms with Gasteiger partial charge in [0.15, 0.2) is 0 Å². The van der Waals surface area contributed by atoms with E-state index in [2.05, 4.69) is 67.5 Å². The average molecular weight is 375 g/mol. The van der Waals surface area contributed by atoms with Crippen LogP contribution in [0.2, 0.25) is 0 Å². The summed E-state index contributed by atoms with van der Waals surface area (Å²) >= 11 is 0. The fourth-order valence-corrected chi connectivity index (χ4v) is 3.39. The molecule has 0 radical (unpaired) electrons. The molecule has 0 aliphatic carbocycles. The Morgan fingerprint density at radius 2 is 1.61 bits per heavy atom. The Hall–Kier alpha value is -3.28. The first kappa shape index (κ1) is 18.1. The van der Waals surface area contributed by atoms with Gasteiger partial charge in [-0.2, -0.15) is 0 Å². The Balaban J connectivity index is 1.34. The molecule has 0 atom stereocenters. The summed E-state index contributed by atoms with van der Waals surface area (Å²) in [5.41, 5.74) is 2.46. The number of hydrogen-bond donors (Lipinski definition) is 1. The van der Waals surface area contributed by atoms with E-state index in [1.54, 1.807) is 13.4 Å². The van der Waals surface area contributed by atoms with Crippen molar-refractivity contribution in [3.63, 3.8) is 0 Å². The second-order valence-corrected chi connectivity index (χ2v) is 6.77. The first-order chi connectivity index (χ1) is 13.8. The van der Waals surface area contributed by atoms with Gasteiger partial charge in [0.05, 0.1) is 7.11 Å². The number of methoxy groups -OCH3 is 1. The Kier molecular flexibility index (Phi) is 5.56. The van der Waals surface area contributed by atoms with Crippen LogP contribution in [0.5, 0.6) is 5.75 Å². The predicted molar refractivity (Wildman–Crippen MR) is 113 cm³/mol. The van der Waals surface area contributed by atoms with E-state index in [0.29, 0.717) is 6.54 Å². The highest BCUT2D eigenvalue weighted by atomic mass is 16.5. The lowest BCUT2D eigenvalue weighted by Gasteiger charge is -2.36. The normalized spacial score (nSPS) is 14.0. The maximum absolute atomic E-state index is 5.20. The van der Waals surface area contributed by atoms with Crippen molar-refractivity contribution in [2.45, 2.75) is 6.54 Å². The Labute approximate surface area is 165 Å². The van der Waals surface area contributed by atoms with Crippen molar-refractivity contribution >= 4 is 17.3 Å². The third-order valence-corrected chi connectivity index (χ3v) is 5.01. The van der Waals surface area contributed by atoms with Gasteiger partial charge in [-0.05, 0) is 29.8 Å². The van der Waals surface area contributed by atoms with Crippen LogP contribution >= 0.6 is 0 Å². The molecular weight excluding hydrogens is 350 g/mol. The van der Waals surface area contributed by atoms with Crippen molar-refractivity contribution in [3.05, 3.63) is 72.6 Å². The van der Waals surface area contributed by atoms with Crippen LogP contribution in [0.3, 0.4) is 0 Å². The monoisotopic (exact) mass is 375 g/mol. The number of anilines is 3. The Morgan fingerprint density at radius 1 is 0.893 bits per heavy atom. The summed E-state index contributed by atoms with van der Waals surface area (Å²) in [7, 11) is 1.68. The molecule has 0 bridgehead atoms. The third-order valence-electron chi connectivity index (χ3n) is 5.01. The topological polar surface area (TPSA) is 53.5 Å². The standard InChI is InChI=1S/C22H25N5O/c1-28-20-9-7-18(8-10-20)16-23-21-15-22(25-17-24-21)27-13-11-26(12-14-27)19-5-3-2-4-6-19/h2-10,15,17H,11-14,16H2,1H3,(H,23,24,25). The van der Waals surface area contributed by atoms with Crippen LogP contribution in [0.25, 0.3) is 0 Å². The van der Waals surface area contributed by atoms with Crippen molar-refractivity contribution in [1.82, 2.24) is 9.97 Å². The van der Waals surface area contributed by atoms with Gasteiger partial charge in [0, 0.05) is 44.5 Å². The largest absolute Gasteiger partial charge is 0.497 e. The molecule has 1 aliphatic heterocycles. The Bertz CT molecular complexity index is 877. The van der Waals surface area contributed by atoms with Gasteiger partial charge in [-0.15, -0.1) is 0 Å². The van der Waals surface area contributed by atoms with Gasteiger partial charge in [0.1, 0.15) is 23.7 Å². The van der Waals surface area contributed by atoms with Crippen LogP contribution in [0, 0.1) is 0 Å². The molecule has 0 unspecified atom stereocenters. The summed E-state index contributed by atoms with van der Waals surface area (Å²) < 4.78 is 5.20. The SMILES string of the molecule is COc1ccc(CNc2cc(N3CCN(c4ccccc4)CC3)ncn2)cc1. The zero-order valence-corrected chi connectivity index (χ0v) is 16.1. The van der Waals surface area contributed by atoms with Crippen molar-refractivity contribution in [2.24, 2.45) is 0 Å². The number of para-hydroxylation sites is 1. The average Bonchev–Trinajstić information content (AvgIpc) is 2.79. The molecule has 1 N–H and O–H groups in total. The lowest BCUT2D eigenvalue weighted by atomic mass is 10.2. The summed E-state index contributed by atoms with van der Waals surface area (Å²) in [6.07, 6.45) is 1.63. The van der Waals surface area contributed by atoms with Crippen molar-refractivity contribution in [1.29, 1.82) is 0 Å². The fraction of sp³-hybridized carbons (Fsp3) is 0.273. The van der Waals surface area contributed by atoms with E-state index in [1.807, 2.05) is 18.2 Å². The molecule has 4 rings (SSSR count). The number of hydrogen-bond acceptors (Lipinski definition) is 6. The van der Waals surface area contributed by atoms with Gasteiger partial charge in [0.25, 0.3) is 0 Å². The molecule has 1 fully saturated rings. The molecule has 2 aromatic carbocycles. The van der Waals surface area contributed by atoms with Gasteiger partial charge in [-0.3, -0.25) is 0 Å². The molecule has 1 aromatic heterocycles. The van der Waals surface area contributed by atoms with Crippen LogP contribution in [-0.4, -0.2) is 43.3 Å². The van der Waals surface area contributed by atoms with Gasteiger partial charge in [-0.25, -0.2) is 9.97 Å². The molecule has 1 aliphatic rings. The number of ether oxygens (including phenoxy) is 1. The fourth-order valence-electron chi connectivity index (χ4n) is 3.39. The number of nitrogens with one attached hydrogen (secondary N) is 1. The van der Waals surface area contributed by atoms with Crippen LogP contribution < -0.4 is 19.9 Å². The van der Waals surface area contributed by atoms with Crippen molar-refractivity contribution < 1.29 is 4.74 Å². The zero-order valence-electron chi connectivity index (χ0n) is 16.1. The summed E-state index contributed by atoms with van der Waals surface area (Å²) in [5.74, 6) is 2.67. The second kappa shape index (κ2) is 8.61. The van der Waals surface area contributed by atoms with Gasteiger partial charge in [0.2, 0.25) is 0 Å². The third kappa shape index (κ3) is 4.34. The maximum atomic E-state index is 5.20.